The predicted molar refractivity (Wildman–Crippen MR) is 80.1 cm³/mol. The van der Waals surface area contributed by atoms with Gasteiger partial charge in [0, 0.05) is 5.02 Å². The largest absolute Gasteiger partial charge is 0.476 e. The standard InChI is InChI=1S/C14H12ClNO5S/c1-6(17)9-11(18)16-10(13(19)20)14(22-12(9)16)21-8-4-2-7(15)3-5-8/h2-6,9,12,17H,1H3,(H,19,20)/t6-,9+,12?/m1/s1. The highest BCUT2D eigenvalue weighted by Crippen LogP contribution is 2.50. The second-order valence-electron chi connectivity index (χ2n) is 4.98. The van der Waals surface area contributed by atoms with Crippen molar-refractivity contribution >= 4 is 35.2 Å². The summed E-state index contributed by atoms with van der Waals surface area (Å²) < 4.78 is 5.59. The molecule has 0 radical (unpaired) electrons. The number of aliphatic hydroxyl groups excluding tert-OH is 1. The van der Waals surface area contributed by atoms with E-state index in [1.54, 1.807) is 24.3 Å². The average Bonchev–Trinajstić information content (AvgIpc) is 2.75. The number of ether oxygens (including phenoxy) is 1. The highest BCUT2D eigenvalue weighted by atomic mass is 35.5. The molecular formula is C14H12ClNO5S. The number of fused-ring (bicyclic) bond motifs is 1. The van der Waals surface area contributed by atoms with Gasteiger partial charge in [-0.1, -0.05) is 23.4 Å². The third-order valence-electron chi connectivity index (χ3n) is 3.49. The van der Waals surface area contributed by atoms with Crippen LogP contribution < -0.4 is 4.74 Å². The first kappa shape index (κ1) is 15.2. The summed E-state index contributed by atoms with van der Waals surface area (Å²) in [5.74, 6) is -1.84. The van der Waals surface area contributed by atoms with E-state index in [2.05, 4.69) is 0 Å². The van der Waals surface area contributed by atoms with Crippen molar-refractivity contribution in [2.75, 3.05) is 0 Å². The van der Waals surface area contributed by atoms with Gasteiger partial charge in [0.05, 0.1) is 12.0 Å². The highest BCUT2D eigenvalue weighted by molar-refractivity contribution is 8.03. The zero-order valence-corrected chi connectivity index (χ0v) is 13.0. The number of carbonyl (C=O) groups is 2. The molecule has 1 aromatic carbocycles. The van der Waals surface area contributed by atoms with Crippen molar-refractivity contribution in [3.63, 3.8) is 0 Å². The number of carbonyl (C=O) groups excluding carboxylic acids is 1. The number of benzene rings is 1. The molecule has 1 fully saturated rings. The van der Waals surface area contributed by atoms with Crippen LogP contribution in [0.25, 0.3) is 0 Å². The number of rotatable bonds is 4. The van der Waals surface area contributed by atoms with Crippen molar-refractivity contribution < 1.29 is 24.5 Å². The van der Waals surface area contributed by atoms with E-state index in [-0.39, 0.29) is 10.8 Å². The summed E-state index contributed by atoms with van der Waals surface area (Å²) in [7, 11) is 0. The third-order valence-corrected chi connectivity index (χ3v) is 4.98. The number of aliphatic carboxylic acids is 1. The van der Waals surface area contributed by atoms with Gasteiger partial charge in [0.2, 0.25) is 5.91 Å². The van der Waals surface area contributed by atoms with Crippen LogP contribution in [0.5, 0.6) is 5.75 Å². The highest BCUT2D eigenvalue weighted by Gasteiger charge is 2.58. The average molecular weight is 342 g/mol. The Morgan fingerprint density at radius 3 is 2.59 bits per heavy atom. The Labute approximate surface area is 135 Å². The molecular weight excluding hydrogens is 330 g/mol. The molecule has 0 spiro atoms. The minimum absolute atomic E-state index is 0.135. The van der Waals surface area contributed by atoms with Crippen molar-refractivity contribution in [3.8, 4) is 5.75 Å². The number of β-lactam (4-membered cyclic amide) rings is 1. The van der Waals surface area contributed by atoms with Gasteiger partial charge < -0.3 is 14.9 Å². The molecule has 2 aliphatic heterocycles. The van der Waals surface area contributed by atoms with E-state index < -0.39 is 29.3 Å². The summed E-state index contributed by atoms with van der Waals surface area (Å²) in [4.78, 5) is 24.6. The first-order chi connectivity index (χ1) is 10.4. The van der Waals surface area contributed by atoms with Crippen LogP contribution in [-0.2, 0) is 9.59 Å². The molecule has 2 N–H and O–H groups in total. The van der Waals surface area contributed by atoms with E-state index >= 15 is 0 Å². The molecule has 116 valence electrons. The fraction of sp³-hybridized carbons (Fsp3) is 0.286. The molecule has 1 saturated heterocycles. The van der Waals surface area contributed by atoms with Crippen LogP contribution in [0.2, 0.25) is 5.02 Å². The van der Waals surface area contributed by atoms with Crippen molar-refractivity contribution in [3.05, 3.63) is 40.1 Å². The summed E-state index contributed by atoms with van der Waals surface area (Å²) in [6, 6.07) is 6.46. The summed E-state index contributed by atoms with van der Waals surface area (Å²) in [5, 5.41) is 19.2. The zero-order valence-electron chi connectivity index (χ0n) is 11.4. The number of carboxylic acids is 1. The quantitative estimate of drug-likeness (QED) is 0.813. The molecule has 6 nitrogen and oxygen atoms in total. The molecule has 8 heteroatoms. The van der Waals surface area contributed by atoms with E-state index in [9.17, 15) is 19.8 Å². The fourth-order valence-electron chi connectivity index (χ4n) is 2.43. The Balaban J connectivity index is 1.88. The topological polar surface area (TPSA) is 87.1 Å². The van der Waals surface area contributed by atoms with Gasteiger partial charge in [0.25, 0.3) is 0 Å². The first-order valence-corrected chi connectivity index (χ1v) is 7.74. The number of aliphatic hydroxyl groups is 1. The summed E-state index contributed by atoms with van der Waals surface area (Å²) in [5.41, 5.74) is -0.188. The molecule has 1 aromatic rings. The molecule has 2 heterocycles. The Hall–Kier alpha value is -1.70. The number of nitrogens with zero attached hydrogens (tertiary/aromatic N) is 1. The van der Waals surface area contributed by atoms with E-state index in [0.29, 0.717) is 10.8 Å². The number of hydrogen-bond donors (Lipinski definition) is 2. The molecule has 2 aliphatic rings. The molecule has 0 saturated carbocycles. The lowest BCUT2D eigenvalue weighted by molar-refractivity contribution is -0.156. The maximum Gasteiger partial charge on any atom is 0.357 e. The molecule has 0 bridgehead atoms. The molecule has 0 aromatic heterocycles. The number of amides is 1. The normalized spacial score (nSPS) is 24.9. The Bertz CT molecular complexity index is 672. The molecule has 1 unspecified atom stereocenters. The van der Waals surface area contributed by atoms with Crippen LogP contribution >= 0.6 is 23.4 Å². The lowest BCUT2D eigenvalue weighted by Crippen LogP contribution is -2.60. The van der Waals surface area contributed by atoms with Gasteiger partial charge in [-0.3, -0.25) is 9.69 Å². The fourth-order valence-corrected chi connectivity index (χ4v) is 4.02. The lowest BCUT2D eigenvalue weighted by Gasteiger charge is -2.43. The van der Waals surface area contributed by atoms with Gasteiger partial charge >= 0.3 is 5.97 Å². The predicted octanol–water partition coefficient (Wildman–Crippen LogP) is 1.88. The maximum absolute atomic E-state index is 12.0. The van der Waals surface area contributed by atoms with Crippen molar-refractivity contribution in [2.45, 2.75) is 18.4 Å². The summed E-state index contributed by atoms with van der Waals surface area (Å²) in [6.45, 7) is 1.51. The van der Waals surface area contributed by atoms with Crippen LogP contribution in [0, 0.1) is 5.92 Å². The monoisotopic (exact) mass is 341 g/mol. The number of carboxylic acid groups (broad SMARTS) is 1. The molecule has 22 heavy (non-hydrogen) atoms. The van der Waals surface area contributed by atoms with Gasteiger partial charge in [-0.15, -0.1) is 0 Å². The van der Waals surface area contributed by atoms with Gasteiger partial charge in [-0.25, -0.2) is 4.79 Å². The Morgan fingerprint density at radius 1 is 1.41 bits per heavy atom. The number of halogens is 1. The van der Waals surface area contributed by atoms with E-state index in [0.717, 1.165) is 16.7 Å². The minimum Gasteiger partial charge on any atom is -0.476 e. The van der Waals surface area contributed by atoms with Gasteiger partial charge in [0.15, 0.2) is 10.8 Å². The second-order valence-corrected chi connectivity index (χ2v) is 6.51. The van der Waals surface area contributed by atoms with Crippen molar-refractivity contribution in [2.24, 2.45) is 5.92 Å². The Morgan fingerprint density at radius 2 is 2.05 bits per heavy atom. The van der Waals surface area contributed by atoms with Gasteiger partial charge in [-0.2, -0.15) is 0 Å². The number of hydrogen-bond acceptors (Lipinski definition) is 5. The SMILES string of the molecule is C[C@@H](O)[C@H]1C(=O)N2C(C(=O)O)=C(Oc3ccc(Cl)cc3)SC12. The Kier molecular flexibility index (Phi) is 3.80. The molecule has 3 atom stereocenters. The van der Waals surface area contributed by atoms with Crippen molar-refractivity contribution in [1.82, 2.24) is 4.90 Å². The first-order valence-electron chi connectivity index (χ1n) is 6.49. The van der Waals surface area contributed by atoms with Crippen LogP contribution in [-0.4, -0.2) is 38.5 Å². The second kappa shape index (κ2) is 5.49. The van der Waals surface area contributed by atoms with Crippen molar-refractivity contribution in [1.29, 1.82) is 0 Å². The maximum atomic E-state index is 12.0. The van der Waals surface area contributed by atoms with Gasteiger partial charge in [-0.05, 0) is 31.2 Å². The molecule has 1 amide bonds. The summed E-state index contributed by atoms with van der Waals surface area (Å²) in [6.07, 6.45) is -0.842. The molecule has 0 aliphatic carbocycles. The van der Waals surface area contributed by atoms with E-state index in [4.69, 9.17) is 16.3 Å². The lowest BCUT2D eigenvalue weighted by atomic mass is 9.92. The van der Waals surface area contributed by atoms with E-state index in [1.807, 2.05) is 0 Å². The van der Waals surface area contributed by atoms with Crippen LogP contribution in [0.15, 0.2) is 35.1 Å². The van der Waals surface area contributed by atoms with E-state index in [1.165, 1.54) is 6.92 Å². The third kappa shape index (κ3) is 2.35. The minimum atomic E-state index is -1.24. The number of thioether (sulfide) groups is 1. The molecule has 3 rings (SSSR count). The zero-order chi connectivity index (χ0) is 16.0. The van der Waals surface area contributed by atoms with Crippen LogP contribution in [0.3, 0.4) is 0 Å². The van der Waals surface area contributed by atoms with Crippen LogP contribution in [0.4, 0.5) is 0 Å². The van der Waals surface area contributed by atoms with Crippen LogP contribution in [0.1, 0.15) is 6.92 Å². The van der Waals surface area contributed by atoms with Gasteiger partial charge in [0.1, 0.15) is 11.1 Å². The smallest absolute Gasteiger partial charge is 0.357 e. The summed E-state index contributed by atoms with van der Waals surface area (Å²) >= 11 is 6.91.